The van der Waals surface area contributed by atoms with Gasteiger partial charge in [-0.2, -0.15) is 8.42 Å². The van der Waals surface area contributed by atoms with Gasteiger partial charge in [0.05, 0.1) is 37.0 Å². The van der Waals surface area contributed by atoms with E-state index in [9.17, 15) is 55.5 Å². The highest BCUT2D eigenvalue weighted by molar-refractivity contribution is 7.79. The Kier molecular flexibility index (Phi) is 19.5. The standard InChI is InChI=1S/C24H33FO6.C23H46N6O13.H2O4S/c1-21(2)30-19-9-14-13-8-16(25)15-7-12(27)5-6-22(15,3)20(13)17(28)10-23(14,4)24(19,31-21)18(29)11-26;24-2-7-13(32)15(34)10(28)21(37-7)40-18-6(27)1-5(26)12(31)20(18)42-23-17(36)19(9(4-30)39-23)41-22-11(29)16(35)14(33)8(3-25)38-22;1-5(2,3)4/h7,13-14,16-17,19-20,26,28H,5-6,8-11H2,1-4H3;5-23,30-36H,1-4,24-29H2;(H2,1,2,3,4)/t13-,14-,16-,17-,19+,20+,22-,23-,24+;5-,6+,7-,8+,9-,10-,11-,12+,13-,14-,15-,16-,17-,18-,19-,20-,21-,22?,23+;/m01./s1. The van der Waals surface area contributed by atoms with Crippen LogP contribution in [0.4, 0.5) is 4.39 Å². The number of fused-ring (bicyclic) bond motifs is 7. The fraction of sp³-hybridized carbons (Fsp3) is 0.915. The molecule has 29 nitrogen and oxygen atoms in total. The predicted molar refractivity (Wildman–Crippen MR) is 261 cm³/mol. The van der Waals surface area contributed by atoms with Crippen molar-refractivity contribution in [1.82, 2.24) is 0 Å². The molecule has 4 heterocycles. The van der Waals surface area contributed by atoms with E-state index in [0.717, 1.165) is 0 Å². The van der Waals surface area contributed by atoms with Gasteiger partial charge in [0.2, 0.25) is 0 Å². The first-order valence-corrected chi connectivity index (χ1v) is 27.5. The van der Waals surface area contributed by atoms with Crippen molar-refractivity contribution in [3.05, 3.63) is 11.6 Å². The second-order valence-electron chi connectivity index (χ2n) is 23.0. The first-order chi connectivity index (χ1) is 36.2. The summed E-state index contributed by atoms with van der Waals surface area (Å²) in [4.78, 5) is 25.2. The summed E-state index contributed by atoms with van der Waals surface area (Å²) in [5.41, 5.74) is 33.4. The van der Waals surface area contributed by atoms with E-state index in [1.54, 1.807) is 13.8 Å². The Labute approximate surface area is 449 Å². The number of alkyl halides is 1. The lowest BCUT2D eigenvalue weighted by molar-refractivity contribution is -0.306. The van der Waals surface area contributed by atoms with Crippen LogP contribution in [0.15, 0.2) is 11.6 Å². The highest BCUT2D eigenvalue weighted by Crippen LogP contribution is 2.71. The van der Waals surface area contributed by atoms with Crippen molar-refractivity contribution >= 4 is 22.0 Å². The van der Waals surface area contributed by atoms with Gasteiger partial charge in [0, 0.05) is 37.0 Å². The van der Waals surface area contributed by atoms with Gasteiger partial charge in [-0.25, -0.2) is 4.39 Å². The smallest absolute Gasteiger partial charge is 0.394 e. The number of rotatable bonds is 11. The number of aliphatic hydroxyl groups is 9. The maximum absolute atomic E-state index is 15.5. The summed E-state index contributed by atoms with van der Waals surface area (Å²) in [5.74, 6) is -1.90. The van der Waals surface area contributed by atoms with Crippen LogP contribution in [0, 0.1) is 28.6 Å². The minimum absolute atomic E-state index is 0.0457. The maximum Gasteiger partial charge on any atom is 0.394 e. The molecule has 0 amide bonds. The lowest BCUT2D eigenvalue weighted by Crippen LogP contribution is -2.68. The largest absolute Gasteiger partial charge is 0.394 e. The van der Waals surface area contributed by atoms with Crippen LogP contribution in [-0.2, 0) is 57.9 Å². The Balaban J connectivity index is 0.000000215. The highest BCUT2D eigenvalue weighted by Gasteiger charge is 2.77. The van der Waals surface area contributed by atoms with E-state index in [0.29, 0.717) is 31.3 Å². The first-order valence-electron chi connectivity index (χ1n) is 26.1. The normalized spacial score (nSPS) is 50.6. The summed E-state index contributed by atoms with van der Waals surface area (Å²) < 4.78 is 94.2. The lowest BCUT2D eigenvalue weighted by Gasteiger charge is -2.61. The van der Waals surface area contributed by atoms with Crippen molar-refractivity contribution in [2.45, 2.75) is 212 Å². The summed E-state index contributed by atoms with van der Waals surface area (Å²) >= 11 is 0. The van der Waals surface area contributed by atoms with E-state index in [1.807, 2.05) is 13.8 Å². The summed E-state index contributed by atoms with van der Waals surface area (Å²) in [6, 6.07) is -4.18. The molecular formula is C47H81FN6O23S. The fourth-order valence-corrected chi connectivity index (χ4v) is 14.1. The van der Waals surface area contributed by atoms with Gasteiger partial charge in [-0.05, 0) is 80.8 Å². The van der Waals surface area contributed by atoms with Crippen LogP contribution in [0.2, 0.25) is 0 Å². The van der Waals surface area contributed by atoms with E-state index in [4.69, 9.17) is 89.8 Å². The van der Waals surface area contributed by atoms with Crippen molar-refractivity contribution in [3.8, 4) is 0 Å². The van der Waals surface area contributed by atoms with Crippen LogP contribution in [0.25, 0.3) is 0 Å². The van der Waals surface area contributed by atoms with Crippen LogP contribution < -0.4 is 34.4 Å². The molecule has 0 aromatic rings. The third kappa shape index (κ3) is 11.8. The first kappa shape index (κ1) is 63.5. The minimum Gasteiger partial charge on any atom is -0.394 e. The molecule has 31 heteroatoms. The van der Waals surface area contributed by atoms with E-state index in [2.05, 4.69) is 0 Å². The number of hydrogen-bond acceptors (Lipinski definition) is 27. The summed E-state index contributed by atoms with van der Waals surface area (Å²) in [5, 5.41) is 94.3. The van der Waals surface area contributed by atoms with Crippen molar-refractivity contribution in [3.63, 3.8) is 0 Å². The molecule has 5 aliphatic carbocycles. The number of ether oxygens (including phenoxy) is 8. The number of allylic oxidation sites excluding steroid dienone is 1. The highest BCUT2D eigenvalue weighted by atomic mass is 32.3. The molecule has 0 aromatic carbocycles. The second kappa shape index (κ2) is 23.9. The molecule has 4 aliphatic heterocycles. The molecular weight excluding hydrogens is 1070 g/mol. The average Bonchev–Trinajstić information content (AvgIpc) is 4.02. The summed E-state index contributed by atoms with van der Waals surface area (Å²) in [6.45, 7) is 5.81. The molecule has 9 aliphatic rings. The fourth-order valence-electron chi connectivity index (χ4n) is 14.1. The number of carbonyl (C=O) groups excluding carboxylic acids is 2. The molecule has 23 N–H and O–H groups in total. The second-order valence-corrected chi connectivity index (χ2v) is 23.9. The summed E-state index contributed by atoms with van der Waals surface area (Å²) in [6.07, 6.45) is -18.9. The number of ketones is 2. The molecule has 8 fully saturated rings. The van der Waals surface area contributed by atoms with Crippen molar-refractivity contribution in [1.29, 1.82) is 0 Å². The predicted octanol–water partition coefficient (Wildman–Crippen LogP) is -7.05. The van der Waals surface area contributed by atoms with E-state index in [1.165, 1.54) is 6.08 Å². The SMILES string of the molecule is CC1(C)O[C@@H]2C[C@H]3[C@@H]4C[C@H](F)C5=CC(=O)CC[C@]5(C)[C@H]4[C@@H](O)C[C@]3(C)[C@]2(C(=O)CO)O1.NC[C@@H]1OC(O[C@H]2[C@@H](O)[C@H](O[C@@H]3[C@@H](O)[C@H](N)C[C@H](N)[C@H]3O[C@H]3O[C@H](CN)[C@@H](O)[C@H](O)[C@H]3N)O[C@@H]2CO)[C@H](N)[C@@H](O)[C@@H]1O.O=S(=O)(O)O. The van der Waals surface area contributed by atoms with Crippen LogP contribution in [0.5, 0.6) is 0 Å². The van der Waals surface area contributed by atoms with Crippen molar-refractivity contribution in [2.75, 3.05) is 26.3 Å². The van der Waals surface area contributed by atoms with Gasteiger partial charge in [0.15, 0.2) is 41.8 Å². The molecule has 450 valence electrons. The Bertz CT molecular complexity index is 2260. The third-order valence-corrected chi connectivity index (χ3v) is 17.8. The zero-order chi connectivity index (χ0) is 58.1. The van der Waals surface area contributed by atoms with Crippen LogP contribution in [0.1, 0.15) is 66.2 Å². The third-order valence-electron chi connectivity index (χ3n) is 17.8. The number of aliphatic hydroxyl groups excluding tert-OH is 9. The zero-order valence-electron chi connectivity index (χ0n) is 43.7. The Hall–Kier alpha value is -2.04. The van der Waals surface area contributed by atoms with Gasteiger partial charge in [0.1, 0.15) is 79.9 Å². The Morgan fingerprint density at radius 2 is 1.26 bits per heavy atom. The van der Waals surface area contributed by atoms with Crippen LogP contribution in [-0.4, -0.2) is 247 Å². The van der Waals surface area contributed by atoms with Crippen LogP contribution >= 0.6 is 0 Å². The number of halogens is 1. The maximum atomic E-state index is 15.5. The van der Waals surface area contributed by atoms with E-state index in [-0.39, 0.29) is 49.5 Å². The van der Waals surface area contributed by atoms with E-state index < -0.39 is 186 Å². The molecule has 78 heavy (non-hydrogen) atoms. The average molecular weight is 1150 g/mol. The zero-order valence-corrected chi connectivity index (χ0v) is 44.5. The lowest BCUT2D eigenvalue weighted by atomic mass is 9.45. The van der Waals surface area contributed by atoms with Gasteiger partial charge in [-0.1, -0.05) is 13.8 Å². The number of carbonyl (C=O) groups is 2. The Morgan fingerprint density at radius 3 is 1.78 bits per heavy atom. The quantitative estimate of drug-likeness (QED) is 0.0855. The van der Waals surface area contributed by atoms with Gasteiger partial charge in [-0.15, -0.1) is 0 Å². The summed E-state index contributed by atoms with van der Waals surface area (Å²) in [7, 11) is -4.67. The molecule has 0 radical (unpaired) electrons. The molecule has 4 saturated heterocycles. The number of hydrogen-bond donors (Lipinski definition) is 17. The number of nitrogens with two attached hydrogens (primary N) is 6. The monoisotopic (exact) mass is 1150 g/mol. The van der Waals surface area contributed by atoms with Crippen molar-refractivity contribution < 1.29 is 115 Å². The molecule has 4 saturated carbocycles. The molecule has 0 bridgehead atoms. The van der Waals surface area contributed by atoms with E-state index >= 15 is 4.39 Å². The molecule has 9 rings (SSSR count). The molecule has 1 unspecified atom stereocenters. The van der Waals surface area contributed by atoms with Gasteiger partial charge in [-0.3, -0.25) is 18.7 Å². The molecule has 28 atom stereocenters. The topological polar surface area (TPSA) is 521 Å². The van der Waals surface area contributed by atoms with Gasteiger partial charge in [0.25, 0.3) is 0 Å². The van der Waals surface area contributed by atoms with Gasteiger partial charge < -0.3 is 118 Å². The van der Waals surface area contributed by atoms with Gasteiger partial charge >= 0.3 is 10.4 Å². The molecule has 0 spiro atoms. The minimum atomic E-state index is -4.67. The van der Waals surface area contributed by atoms with Crippen molar-refractivity contribution in [2.24, 2.45) is 63.0 Å². The number of Topliss-reactive ketones (excluding diaryl/α,β-unsaturated/α-hetero) is 1. The van der Waals surface area contributed by atoms with Crippen LogP contribution in [0.3, 0.4) is 0 Å². The Morgan fingerprint density at radius 1 is 0.731 bits per heavy atom. The molecule has 0 aromatic heterocycles.